The second-order valence-electron chi connectivity index (χ2n) is 7.12. The fourth-order valence-electron chi connectivity index (χ4n) is 2.38. The summed E-state index contributed by atoms with van der Waals surface area (Å²) in [6.07, 6.45) is 4.42. The third kappa shape index (κ3) is 5.72. The average Bonchev–Trinajstić information content (AvgIpc) is 2.88. The molecule has 7 heteroatoms. The summed E-state index contributed by atoms with van der Waals surface area (Å²) in [4.78, 5) is 0. The zero-order chi connectivity index (χ0) is 18.6. The van der Waals surface area contributed by atoms with Crippen molar-refractivity contribution in [2.24, 2.45) is 0 Å². The molecular formula is C18H25BrFN3OS. The van der Waals surface area contributed by atoms with E-state index in [1.165, 1.54) is 12.1 Å². The van der Waals surface area contributed by atoms with Crippen LogP contribution in [0.25, 0.3) is 5.69 Å². The zero-order valence-corrected chi connectivity index (χ0v) is 17.5. The van der Waals surface area contributed by atoms with Crippen LogP contribution in [0.1, 0.15) is 46.2 Å². The van der Waals surface area contributed by atoms with Gasteiger partial charge in [0.15, 0.2) is 0 Å². The van der Waals surface area contributed by atoms with Crippen LogP contribution in [0.2, 0.25) is 0 Å². The number of nitrogens with zero attached hydrogens (tertiary/aromatic N) is 2. The molecule has 1 N–H and O–H groups in total. The molecule has 4 nitrogen and oxygen atoms in total. The molecule has 0 unspecified atom stereocenters. The van der Waals surface area contributed by atoms with E-state index < -0.39 is 11.0 Å². The Morgan fingerprint density at radius 3 is 2.56 bits per heavy atom. The number of hydrogen-bond acceptors (Lipinski definition) is 2. The highest BCUT2D eigenvalue weighted by Crippen LogP contribution is 2.22. The Bertz CT molecular complexity index is 725. The van der Waals surface area contributed by atoms with Crippen LogP contribution in [-0.4, -0.2) is 24.8 Å². The van der Waals surface area contributed by atoms with Crippen LogP contribution < -0.4 is 4.72 Å². The summed E-state index contributed by atoms with van der Waals surface area (Å²) in [5, 5.41) is 4.38. The SMILES string of the molecule is C[C@H](CCCc1c(Br)cnn1-c1ccc(F)cc1)N[S@](=O)C(C)(C)C. The van der Waals surface area contributed by atoms with E-state index in [2.05, 4.69) is 32.7 Å². The minimum Gasteiger partial charge on any atom is -0.242 e. The summed E-state index contributed by atoms with van der Waals surface area (Å²) in [6.45, 7) is 7.93. The van der Waals surface area contributed by atoms with Gasteiger partial charge in [0.2, 0.25) is 0 Å². The largest absolute Gasteiger partial charge is 0.242 e. The maximum absolute atomic E-state index is 13.1. The summed E-state index contributed by atoms with van der Waals surface area (Å²) in [5.41, 5.74) is 1.89. The molecule has 0 saturated heterocycles. The van der Waals surface area contributed by atoms with E-state index in [9.17, 15) is 8.60 Å². The van der Waals surface area contributed by atoms with Gasteiger partial charge in [-0.1, -0.05) is 0 Å². The van der Waals surface area contributed by atoms with Gasteiger partial charge in [0.05, 0.1) is 37.8 Å². The van der Waals surface area contributed by atoms with Crippen molar-refractivity contribution in [1.29, 1.82) is 0 Å². The Balaban J connectivity index is 1.96. The highest BCUT2D eigenvalue weighted by Gasteiger charge is 2.21. The highest BCUT2D eigenvalue weighted by molar-refractivity contribution is 9.10. The van der Waals surface area contributed by atoms with Gasteiger partial charge in [-0.05, 0) is 87.2 Å². The molecule has 0 aliphatic carbocycles. The number of hydrogen-bond donors (Lipinski definition) is 1. The molecule has 2 atom stereocenters. The van der Waals surface area contributed by atoms with Crippen molar-refractivity contribution in [3.63, 3.8) is 0 Å². The van der Waals surface area contributed by atoms with Crippen molar-refractivity contribution in [2.45, 2.75) is 57.7 Å². The summed E-state index contributed by atoms with van der Waals surface area (Å²) >= 11 is 3.54. The highest BCUT2D eigenvalue weighted by atomic mass is 79.9. The topological polar surface area (TPSA) is 46.9 Å². The van der Waals surface area contributed by atoms with E-state index in [-0.39, 0.29) is 16.6 Å². The van der Waals surface area contributed by atoms with Gasteiger partial charge in [0.1, 0.15) is 5.82 Å². The van der Waals surface area contributed by atoms with Crippen LogP contribution in [0, 0.1) is 5.82 Å². The fraction of sp³-hybridized carbons (Fsp3) is 0.500. The van der Waals surface area contributed by atoms with Crippen molar-refractivity contribution in [3.8, 4) is 5.69 Å². The lowest BCUT2D eigenvalue weighted by Gasteiger charge is -2.22. The first-order chi connectivity index (χ1) is 11.7. The molecule has 0 radical (unpaired) electrons. The molecule has 1 heterocycles. The monoisotopic (exact) mass is 429 g/mol. The molecular weight excluding hydrogens is 405 g/mol. The zero-order valence-electron chi connectivity index (χ0n) is 15.1. The van der Waals surface area contributed by atoms with E-state index in [1.54, 1.807) is 18.3 Å². The molecule has 0 saturated carbocycles. The van der Waals surface area contributed by atoms with E-state index in [0.717, 1.165) is 35.1 Å². The van der Waals surface area contributed by atoms with E-state index >= 15 is 0 Å². The lowest BCUT2D eigenvalue weighted by Crippen LogP contribution is -2.38. The van der Waals surface area contributed by atoms with Gasteiger partial charge in [-0.25, -0.2) is 18.0 Å². The third-order valence-corrected chi connectivity index (χ3v) is 6.20. The molecule has 138 valence electrons. The molecule has 0 amide bonds. The average molecular weight is 430 g/mol. The van der Waals surface area contributed by atoms with Gasteiger partial charge < -0.3 is 0 Å². The molecule has 0 spiro atoms. The maximum Gasteiger partial charge on any atom is 0.123 e. The standard InChI is InChI=1S/C18H25BrFN3OS/c1-13(22-25(24)18(2,3)4)6-5-7-17-16(19)12-21-23(17)15-10-8-14(20)9-11-15/h8-13,22H,5-7H2,1-4H3/t13-,25-/m1/s1. The van der Waals surface area contributed by atoms with Gasteiger partial charge in [-0.2, -0.15) is 5.10 Å². The van der Waals surface area contributed by atoms with Crippen LogP contribution in [-0.2, 0) is 17.4 Å². The van der Waals surface area contributed by atoms with Crippen LogP contribution >= 0.6 is 15.9 Å². The van der Waals surface area contributed by atoms with Crippen molar-refractivity contribution < 1.29 is 8.60 Å². The van der Waals surface area contributed by atoms with Crippen LogP contribution in [0.15, 0.2) is 34.9 Å². The summed E-state index contributed by atoms with van der Waals surface area (Å²) < 4.78 is 30.9. The number of benzene rings is 1. The molecule has 25 heavy (non-hydrogen) atoms. The van der Waals surface area contributed by atoms with Crippen LogP contribution in [0.4, 0.5) is 4.39 Å². The lowest BCUT2D eigenvalue weighted by molar-refractivity contribution is 0.558. The van der Waals surface area contributed by atoms with E-state index in [4.69, 9.17) is 0 Å². The Hall–Kier alpha value is -1.05. The number of nitrogens with one attached hydrogen (secondary N) is 1. The van der Waals surface area contributed by atoms with Crippen molar-refractivity contribution >= 4 is 26.9 Å². The maximum atomic E-state index is 13.1. The van der Waals surface area contributed by atoms with Crippen molar-refractivity contribution in [2.75, 3.05) is 0 Å². The van der Waals surface area contributed by atoms with Gasteiger partial charge in [-0.15, -0.1) is 0 Å². The van der Waals surface area contributed by atoms with Gasteiger partial charge in [-0.3, -0.25) is 0 Å². The summed E-state index contributed by atoms with van der Waals surface area (Å²) in [6, 6.07) is 6.47. The molecule has 0 bridgehead atoms. The van der Waals surface area contributed by atoms with Crippen molar-refractivity contribution in [1.82, 2.24) is 14.5 Å². The Labute approximate surface area is 159 Å². The van der Waals surface area contributed by atoms with Crippen LogP contribution in [0.5, 0.6) is 0 Å². The first-order valence-electron chi connectivity index (χ1n) is 8.35. The smallest absolute Gasteiger partial charge is 0.123 e. The predicted molar refractivity (Wildman–Crippen MR) is 105 cm³/mol. The summed E-state index contributed by atoms with van der Waals surface area (Å²) in [5.74, 6) is -0.261. The first kappa shape index (κ1) is 20.3. The first-order valence-corrected chi connectivity index (χ1v) is 10.3. The van der Waals surface area contributed by atoms with E-state index in [1.807, 2.05) is 25.5 Å². The Morgan fingerprint density at radius 2 is 1.96 bits per heavy atom. The molecule has 2 rings (SSSR count). The Kier molecular flexibility index (Phi) is 6.93. The minimum absolute atomic E-state index is 0.168. The molecule has 0 fully saturated rings. The summed E-state index contributed by atoms with van der Waals surface area (Å²) in [7, 11) is -1.06. The van der Waals surface area contributed by atoms with Crippen LogP contribution in [0.3, 0.4) is 0 Å². The number of rotatable bonds is 7. The molecule has 1 aromatic carbocycles. The Morgan fingerprint density at radius 1 is 1.32 bits per heavy atom. The van der Waals surface area contributed by atoms with Gasteiger partial charge >= 0.3 is 0 Å². The number of aromatic nitrogens is 2. The quantitative estimate of drug-likeness (QED) is 0.701. The molecule has 0 aliphatic heterocycles. The second-order valence-corrected chi connectivity index (χ2v) is 9.97. The van der Waals surface area contributed by atoms with E-state index in [0.29, 0.717) is 0 Å². The second kappa shape index (κ2) is 8.56. The predicted octanol–water partition coefficient (Wildman–Crippen LogP) is 4.54. The third-order valence-electron chi connectivity index (χ3n) is 3.80. The van der Waals surface area contributed by atoms with Crippen molar-refractivity contribution in [3.05, 3.63) is 46.4 Å². The molecule has 1 aromatic heterocycles. The van der Waals surface area contributed by atoms with Gasteiger partial charge in [0, 0.05) is 6.04 Å². The lowest BCUT2D eigenvalue weighted by atomic mass is 10.1. The molecule has 2 aromatic rings. The fourth-order valence-corrected chi connectivity index (χ4v) is 3.67. The van der Waals surface area contributed by atoms with Gasteiger partial charge in [0.25, 0.3) is 0 Å². The normalized spacial score (nSPS) is 14.5. The molecule has 0 aliphatic rings. The number of halogens is 2. The minimum atomic E-state index is -1.06.